The fraction of sp³-hybridized carbons (Fsp3) is 0.0667. The minimum absolute atomic E-state index is 0.501. The molecule has 88 valence electrons. The monoisotopic (exact) mass is 236 g/mol. The Kier molecular flexibility index (Phi) is 2.65. The number of aldehydes is 1. The summed E-state index contributed by atoms with van der Waals surface area (Å²) in [6.07, 6.45) is 3.47. The minimum Gasteiger partial charge on any atom is -0.303 e. The Hall–Kier alpha value is -2.42. The molecular weight excluding hydrogens is 224 g/mol. The van der Waals surface area contributed by atoms with Crippen LogP contribution in [0.4, 0.5) is 0 Å². The second-order valence-electron chi connectivity index (χ2n) is 4.15. The number of nitrogens with zero attached hydrogens (tertiary/aromatic N) is 2. The summed E-state index contributed by atoms with van der Waals surface area (Å²) in [5, 5.41) is 0. The zero-order chi connectivity index (χ0) is 12.4. The fourth-order valence-electron chi connectivity index (χ4n) is 2.12. The molecule has 3 rings (SSSR count). The van der Waals surface area contributed by atoms with Crippen molar-refractivity contribution in [1.82, 2.24) is 9.38 Å². The zero-order valence-corrected chi connectivity index (χ0v) is 9.78. The van der Waals surface area contributed by atoms with Gasteiger partial charge in [-0.3, -0.25) is 4.79 Å². The third-order valence-electron chi connectivity index (χ3n) is 2.97. The highest BCUT2D eigenvalue weighted by Gasteiger charge is 2.09. The molecule has 1 aromatic carbocycles. The van der Waals surface area contributed by atoms with Crippen molar-refractivity contribution in [3.63, 3.8) is 0 Å². The Morgan fingerprint density at radius 1 is 1.06 bits per heavy atom. The highest BCUT2D eigenvalue weighted by molar-refractivity contribution is 5.83. The maximum absolute atomic E-state index is 11.0. The molecule has 0 bridgehead atoms. The van der Waals surface area contributed by atoms with Gasteiger partial charge in [-0.05, 0) is 17.7 Å². The Morgan fingerprint density at radius 2 is 1.83 bits per heavy atom. The molecule has 2 heterocycles. The van der Waals surface area contributed by atoms with Crippen LogP contribution in [0.25, 0.3) is 5.52 Å². The fourth-order valence-corrected chi connectivity index (χ4v) is 2.12. The van der Waals surface area contributed by atoms with Crippen LogP contribution in [0, 0.1) is 0 Å². The lowest BCUT2D eigenvalue weighted by atomic mass is 10.1. The van der Waals surface area contributed by atoms with E-state index in [1.807, 2.05) is 47.0 Å². The Labute approximate surface area is 105 Å². The number of aromatic nitrogens is 2. The normalized spacial score (nSPS) is 10.7. The van der Waals surface area contributed by atoms with Crippen molar-refractivity contribution >= 4 is 11.8 Å². The number of carbonyl (C=O) groups excluding carboxylic acids is 1. The standard InChI is InChI=1S/C15H12N2O/c18-11-13-14-8-4-5-9-17(14)15(16-13)10-12-6-2-1-3-7-12/h1-9,11H,10H2. The SMILES string of the molecule is O=Cc1nc(Cc2ccccc2)n2ccccc12. The van der Waals surface area contributed by atoms with Crippen LogP contribution in [-0.2, 0) is 6.42 Å². The molecule has 0 amide bonds. The third-order valence-corrected chi connectivity index (χ3v) is 2.97. The highest BCUT2D eigenvalue weighted by Crippen LogP contribution is 2.14. The number of hydrogen-bond donors (Lipinski definition) is 0. The topological polar surface area (TPSA) is 34.4 Å². The number of pyridine rings is 1. The molecule has 0 aliphatic rings. The van der Waals surface area contributed by atoms with Crippen LogP contribution in [0.2, 0.25) is 0 Å². The average Bonchev–Trinajstić information content (AvgIpc) is 2.78. The summed E-state index contributed by atoms with van der Waals surface area (Å²) in [5.74, 6) is 0.888. The summed E-state index contributed by atoms with van der Waals surface area (Å²) < 4.78 is 1.97. The van der Waals surface area contributed by atoms with Gasteiger partial charge >= 0.3 is 0 Å². The minimum atomic E-state index is 0.501. The molecule has 0 aliphatic carbocycles. The molecule has 0 aliphatic heterocycles. The predicted octanol–water partition coefficient (Wildman–Crippen LogP) is 2.74. The zero-order valence-electron chi connectivity index (χ0n) is 9.78. The lowest BCUT2D eigenvalue weighted by Gasteiger charge is -2.00. The molecule has 0 atom stereocenters. The summed E-state index contributed by atoms with van der Waals surface area (Å²) in [6, 6.07) is 15.9. The van der Waals surface area contributed by atoms with E-state index in [-0.39, 0.29) is 0 Å². The molecule has 18 heavy (non-hydrogen) atoms. The summed E-state index contributed by atoms with van der Waals surface area (Å²) in [5.41, 5.74) is 2.55. The van der Waals surface area contributed by atoms with Crippen LogP contribution in [0.5, 0.6) is 0 Å². The van der Waals surface area contributed by atoms with Gasteiger partial charge in [-0.2, -0.15) is 0 Å². The van der Waals surface area contributed by atoms with Gasteiger partial charge < -0.3 is 4.40 Å². The third kappa shape index (κ3) is 1.80. The lowest BCUT2D eigenvalue weighted by Crippen LogP contribution is -1.95. The number of benzene rings is 1. The van der Waals surface area contributed by atoms with Crippen LogP contribution >= 0.6 is 0 Å². The molecule has 0 saturated heterocycles. The summed E-state index contributed by atoms with van der Waals surface area (Å²) in [4.78, 5) is 15.4. The van der Waals surface area contributed by atoms with Crippen molar-refractivity contribution in [2.45, 2.75) is 6.42 Å². The predicted molar refractivity (Wildman–Crippen MR) is 69.8 cm³/mol. The summed E-state index contributed by atoms with van der Waals surface area (Å²) in [7, 11) is 0. The van der Waals surface area contributed by atoms with E-state index < -0.39 is 0 Å². The van der Waals surface area contributed by atoms with Gasteiger partial charge in [0.25, 0.3) is 0 Å². The molecule has 0 radical (unpaired) electrons. The van der Waals surface area contributed by atoms with Gasteiger partial charge in [-0.15, -0.1) is 0 Å². The lowest BCUT2D eigenvalue weighted by molar-refractivity contribution is 0.112. The van der Waals surface area contributed by atoms with Crippen LogP contribution in [-0.4, -0.2) is 15.7 Å². The van der Waals surface area contributed by atoms with E-state index in [4.69, 9.17) is 0 Å². The van der Waals surface area contributed by atoms with E-state index in [1.165, 1.54) is 5.56 Å². The first-order chi connectivity index (χ1) is 8.88. The van der Waals surface area contributed by atoms with Crippen LogP contribution < -0.4 is 0 Å². The van der Waals surface area contributed by atoms with Gasteiger partial charge in [0.1, 0.15) is 11.5 Å². The molecule has 3 aromatic rings. The molecule has 3 heteroatoms. The van der Waals surface area contributed by atoms with Crippen molar-refractivity contribution in [3.8, 4) is 0 Å². The molecule has 0 saturated carbocycles. The van der Waals surface area contributed by atoms with Gasteiger partial charge in [-0.1, -0.05) is 36.4 Å². The van der Waals surface area contributed by atoms with Gasteiger partial charge in [0, 0.05) is 12.6 Å². The highest BCUT2D eigenvalue weighted by atomic mass is 16.1. The van der Waals surface area contributed by atoms with Gasteiger partial charge in [0.15, 0.2) is 6.29 Å². The number of carbonyl (C=O) groups is 1. The van der Waals surface area contributed by atoms with E-state index in [0.29, 0.717) is 5.69 Å². The van der Waals surface area contributed by atoms with E-state index in [9.17, 15) is 4.79 Å². The molecule has 2 aromatic heterocycles. The van der Waals surface area contributed by atoms with E-state index in [1.54, 1.807) is 0 Å². The maximum Gasteiger partial charge on any atom is 0.170 e. The van der Waals surface area contributed by atoms with Crippen molar-refractivity contribution in [2.75, 3.05) is 0 Å². The van der Waals surface area contributed by atoms with Crippen molar-refractivity contribution in [1.29, 1.82) is 0 Å². The van der Waals surface area contributed by atoms with Gasteiger partial charge in [0.05, 0.1) is 5.52 Å². The molecular formula is C15H12N2O. The smallest absolute Gasteiger partial charge is 0.170 e. The van der Waals surface area contributed by atoms with E-state index in [0.717, 1.165) is 24.0 Å². The quantitative estimate of drug-likeness (QED) is 0.655. The number of hydrogen-bond acceptors (Lipinski definition) is 2. The second kappa shape index (κ2) is 4.45. The van der Waals surface area contributed by atoms with Crippen LogP contribution in [0.1, 0.15) is 21.9 Å². The van der Waals surface area contributed by atoms with E-state index in [2.05, 4.69) is 17.1 Å². The summed E-state index contributed by atoms with van der Waals surface area (Å²) >= 11 is 0. The first-order valence-corrected chi connectivity index (χ1v) is 5.83. The Morgan fingerprint density at radius 3 is 2.61 bits per heavy atom. The molecule has 0 fully saturated rings. The Bertz CT molecular complexity index is 686. The van der Waals surface area contributed by atoms with Gasteiger partial charge in [-0.25, -0.2) is 4.98 Å². The van der Waals surface area contributed by atoms with Crippen molar-refractivity contribution in [2.24, 2.45) is 0 Å². The largest absolute Gasteiger partial charge is 0.303 e. The number of imidazole rings is 1. The second-order valence-corrected chi connectivity index (χ2v) is 4.15. The van der Waals surface area contributed by atoms with Crippen molar-refractivity contribution in [3.05, 3.63) is 71.8 Å². The number of rotatable bonds is 3. The van der Waals surface area contributed by atoms with Crippen molar-refractivity contribution < 1.29 is 4.79 Å². The summed E-state index contributed by atoms with van der Waals surface area (Å²) in [6.45, 7) is 0. The van der Waals surface area contributed by atoms with Gasteiger partial charge in [0.2, 0.25) is 0 Å². The first-order valence-electron chi connectivity index (χ1n) is 5.83. The molecule has 0 spiro atoms. The molecule has 0 unspecified atom stereocenters. The molecule has 0 N–H and O–H groups in total. The number of fused-ring (bicyclic) bond motifs is 1. The average molecular weight is 236 g/mol. The maximum atomic E-state index is 11.0. The van der Waals surface area contributed by atoms with Crippen LogP contribution in [0.3, 0.4) is 0 Å². The first kappa shape index (κ1) is 10.7. The molecule has 3 nitrogen and oxygen atoms in total. The van der Waals surface area contributed by atoms with E-state index >= 15 is 0 Å². The Balaban J connectivity index is 2.10. The van der Waals surface area contributed by atoms with Crippen LogP contribution in [0.15, 0.2) is 54.7 Å².